The lowest BCUT2D eigenvalue weighted by molar-refractivity contribution is -0.145. The van der Waals surface area contributed by atoms with Crippen LogP contribution in [0, 0.1) is 5.41 Å². The van der Waals surface area contributed by atoms with Crippen LogP contribution in [-0.2, 0) is 14.3 Å². The number of esters is 1. The predicted octanol–water partition coefficient (Wildman–Crippen LogP) is 5.29. The zero-order valence-electron chi connectivity index (χ0n) is 19.8. The van der Waals surface area contributed by atoms with E-state index < -0.39 is 5.92 Å². The van der Waals surface area contributed by atoms with Crippen molar-refractivity contribution in [2.45, 2.75) is 84.2 Å². The molecular formula is C27H33NO5. The van der Waals surface area contributed by atoms with Crippen molar-refractivity contribution in [1.82, 2.24) is 5.32 Å². The number of dihydropyridines is 1. The molecule has 4 aliphatic rings. The molecule has 1 atom stereocenters. The molecule has 33 heavy (non-hydrogen) atoms. The van der Waals surface area contributed by atoms with Crippen LogP contribution in [-0.4, -0.2) is 24.6 Å². The standard InChI is InChI=1S/C27H33NO5/c1-16-23(26(30)33-18-8-6-4-5-7-9-18)24(17-10-11-21-22(12-17)32-15-31-21)25-19(28-16)13-27(2,3)14-20(25)29/h10-12,18,24,28H,4-9,13-15H2,1-3H3. The number of ketones is 1. The Labute approximate surface area is 195 Å². The second-order valence-electron chi connectivity index (χ2n) is 10.6. The first-order valence-corrected chi connectivity index (χ1v) is 12.2. The molecule has 0 spiro atoms. The Kier molecular flexibility index (Phi) is 5.71. The minimum Gasteiger partial charge on any atom is -0.459 e. The highest BCUT2D eigenvalue weighted by atomic mass is 16.7. The van der Waals surface area contributed by atoms with E-state index in [9.17, 15) is 9.59 Å². The van der Waals surface area contributed by atoms with Gasteiger partial charge in [-0.2, -0.15) is 0 Å². The van der Waals surface area contributed by atoms with Crippen LogP contribution in [0.15, 0.2) is 40.7 Å². The fraction of sp³-hybridized carbons (Fsp3) is 0.556. The Hall–Kier alpha value is -2.76. The van der Waals surface area contributed by atoms with Crippen LogP contribution in [0.3, 0.4) is 0 Å². The second kappa shape index (κ2) is 8.54. The smallest absolute Gasteiger partial charge is 0.337 e. The van der Waals surface area contributed by atoms with Crippen LogP contribution in [0.2, 0.25) is 0 Å². The second-order valence-corrected chi connectivity index (χ2v) is 10.6. The third-order valence-corrected chi connectivity index (χ3v) is 7.27. The third kappa shape index (κ3) is 4.28. The summed E-state index contributed by atoms with van der Waals surface area (Å²) in [7, 11) is 0. The maximum absolute atomic E-state index is 13.6. The molecule has 2 aliphatic heterocycles. The Morgan fingerprint density at radius 3 is 2.55 bits per heavy atom. The monoisotopic (exact) mass is 451 g/mol. The van der Waals surface area contributed by atoms with E-state index in [1.165, 1.54) is 12.8 Å². The Morgan fingerprint density at radius 2 is 1.79 bits per heavy atom. The van der Waals surface area contributed by atoms with Gasteiger partial charge in [-0.25, -0.2) is 4.79 Å². The molecule has 5 rings (SSSR count). The number of carbonyl (C=O) groups is 2. The van der Waals surface area contributed by atoms with Crippen LogP contribution in [0.1, 0.15) is 83.6 Å². The van der Waals surface area contributed by atoms with Gasteiger partial charge in [-0.15, -0.1) is 0 Å². The number of benzene rings is 1. The quantitative estimate of drug-likeness (QED) is 0.498. The molecule has 1 N–H and O–H groups in total. The molecule has 1 fully saturated rings. The van der Waals surface area contributed by atoms with Crippen LogP contribution in [0.25, 0.3) is 0 Å². The zero-order chi connectivity index (χ0) is 23.2. The van der Waals surface area contributed by atoms with E-state index in [4.69, 9.17) is 14.2 Å². The van der Waals surface area contributed by atoms with E-state index in [0.29, 0.717) is 29.1 Å². The molecule has 0 radical (unpaired) electrons. The molecule has 0 aromatic heterocycles. The van der Waals surface area contributed by atoms with Crippen molar-refractivity contribution in [3.63, 3.8) is 0 Å². The number of fused-ring (bicyclic) bond motifs is 1. The molecule has 176 valence electrons. The van der Waals surface area contributed by atoms with Gasteiger partial charge in [0.05, 0.1) is 5.57 Å². The molecular weight excluding hydrogens is 418 g/mol. The first kappa shape index (κ1) is 22.1. The van der Waals surface area contributed by atoms with Gasteiger partial charge in [-0.1, -0.05) is 32.8 Å². The Morgan fingerprint density at radius 1 is 1.06 bits per heavy atom. The average Bonchev–Trinajstić information content (AvgIpc) is 3.07. The van der Waals surface area contributed by atoms with Gasteiger partial charge in [0.15, 0.2) is 17.3 Å². The molecule has 1 unspecified atom stereocenters. The van der Waals surface area contributed by atoms with Gasteiger partial charge in [0.2, 0.25) is 6.79 Å². The van der Waals surface area contributed by atoms with Crippen LogP contribution in [0.5, 0.6) is 11.5 Å². The number of hydrogen-bond acceptors (Lipinski definition) is 6. The highest BCUT2D eigenvalue weighted by Crippen LogP contribution is 2.48. The number of nitrogens with one attached hydrogen (secondary N) is 1. The van der Waals surface area contributed by atoms with Crippen molar-refractivity contribution in [3.05, 3.63) is 46.3 Å². The Bertz CT molecular complexity index is 1040. The normalized spacial score (nSPS) is 24.8. The Balaban J connectivity index is 1.55. The molecule has 0 saturated heterocycles. The summed E-state index contributed by atoms with van der Waals surface area (Å²) in [5.74, 6) is 0.618. The number of rotatable bonds is 3. The summed E-state index contributed by atoms with van der Waals surface area (Å²) in [5.41, 5.74) is 3.63. The molecule has 2 aliphatic carbocycles. The van der Waals surface area contributed by atoms with Gasteiger partial charge in [0.1, 0.15) is 6.10 Å². The summed E-state index contributed by atoms with van der Waals surface area (Å²) < 4.78 is 17.2. The topological polar surface area (TPSA) is 73.9 Å². The van der Waals surface area contributed by atoms with Crippen LogP contribution >= 0.6 is 0 Å². The highest BCUT2D eigenvalue weighted by molar-refractivity contribution is 6.04. The number of carbonyl (C=O) groups excluding carboxylic acids is 2. The molecule has 1 aromatic rings. The summed E-state index contributed by atoms with van der Waals surface area (Å²) in [6.07, 6.45) is 7.52. The summed E-state index contributed by atoms with van der Waals surface area (Å²) in [4.78, 5) is 27.0. The first-order chi connectivity index (χ1) is 15.8. The predicted molar refractivity (Wildman–Crippen MR) is 124 cm³/mol. The molecule has 6 nitrogen and oxygen atoms in total. The van der Waals surface area contributed by atoms with Crippen molar-refractivity contribution in [2.75, 3.05) is 6.79 Å². The zero-order valence-corrected chi connectivity index (χ0v) is 19.8. The van der Waals surface area contributed by atoms with Crippen molar-refractivity contribution in [2.24, 2.45) is 5.41 Å². The highest BCUT2D eigenvalue weighted by Gasteiger charge is 2.43. The number of ether oxygens (including phenoxy) is 3. The van der Waals surface area contributed by atoms with Gasteiger partial charge in [-0.3, -0.25) is 4.79 Å². The van der Waals surface area contributed by atoms with E-state index in [2.05, 4.69) is 19.2 Å². The van der Waals surface area contributed by atoms with E-state index in [-0.39, 0.29) is 30.1 Å². The average molecular weight is 452 g/mol. The maximum atomic E-state index is 13.6. The summed E-state index contributed by atoms with van der Waals surface area (Å²) >= 11 is 0. The van der Waals surface area contributed by atoms with Gasteiger partial charge < -0.3 is 19.5 Å². The number of Topliss-reactive ketones (excluding diaryl/α,β-unsaturated/α-hetero) is 1. The lowest BCUT2D eigenvalue weighted by Crippen LogP contribution is -2.39. The molecule has 6 heteroatoms. The van der Waals surface area contributed by atoms with E-state index in [1.807, 2.05) is 25.1 Å². The van der Waals surface area contributed by atoms with Crippen molar-refractivity contribution in [1.29, 1.82) is 0 Å². The molecule has 2 heterocycles. The number of allylic oxidation sites excluding steroid dienone is 3. The molecule has 1 saturated carbocycles. The van der Waals surface area contributed by atoms with Gasteiger partial charge in [0, 0.05) is 29.3 Å². The maximum Gasteiger partial charge on any atom is 0.337 e. The largest absolute Gasteiger partial charge is 0.459 e. The SMILES string of the molecule is CC1=C(C(=O)OC2CCCCCC2)C(c2ccc3c(c2)OCO3)C2=C(CC(C)(C)CC2=O)N1. The van der Waals surface area contributed by atoms with Gasteiger partial charge >= 0.3 is 5.97 Å². The van der Waals surface area contributed by atoms with E-state index >= 15 is 0 Å². The van der Waals surface area contributed by atoms with Crippen molar-refractivity contribution in [3.8, 4) is 11.5 Å². The lowest BCUT2D eigenvalue weighted by atomic mass is 9.68. The van der Waals surface area contributed by atoms with Gasteiger partial charge in [0.25, 0.3) is 0 Å². The number of hydrogen-bond donors (Lipinski definition) is 1. The first-order valence-electron chi connectivity index (χ1n) is 12.2. The minimum atomic E-state index is -0.474. The molecule has 0 amide bonds. The van der Waals surface area contributed by atoms with E-state index in [0.717, 1.165) is 49.1 Å². The fourth-order valence-electron chi connectivity index (χ4n) is 5.71. The molecule has 0 bridgehead atoms. The van der Waals surface area contributed by atoms with E-state index in [1.54, 1.807) is 0 Å². The van der Waals surface area contributed by atoms with Crippen molar-refractivity contribution >= 4 is 11.8 Å². The molecule has 1 aromatic carbocycles. The summed E-state index contributed by atoms with van der Waals surface area (Å²) in [5, 5.41) is 3.42. The summed E-state index contributed by atoms with van der Waals surface area (Å²) in [6.45, 7) is 6.32. The summed E-state index contributed by atoms with van der Waals surface area (Å²) in [6, 6.07) is 5.70. The van der Waals surface area contributed by atoms with Crippen LogP contribution in [0.4, 0.5) is 0 Å². The van der Waals surface area contributed by atoms with Gasteiger partial charge in [-0.05, 0) is 62.1 Å². The minimum absolute atomic E-state index is 0.0610. The lowest BCUT2D eigenvalue weighted by Gasteiger charge is -2.39. The third-order valence-electron chi connectivity index (χ3n) is 7.27. The van der Waals surface area contributed by atoms with Crippen molar-refractivity contribution < 1.29 is 23.8 Å². The van der Waals surface area contributed by atoms with Crippen LogP contribution < -0.4 is 14.8 Å². The fourth-order valence-corrected chi connectivity index (χ4v) is 5.71.